The highest BCUT2D eigenvalue weighted by atomic mass is 16.5. The molecule has 0 atom stereocenters. The van der Waals surface area contributed by atoms with Gasteiger partial charge in [0.25, 0.3) is 11.5 Å². The summed E-state index contributed by atoms with van der Waals surface area (Å²) in [6.07, 6.45) is 0. The van der Waals surface area contributed by atoms with Gasteiger partial charge < -0.3 is 14.6 Å². The van der Waals surface area contributed by atoms with E-state index in [2.05, 4.69) is 5.32 Å². The molecule has 0 aliphatic rings. The third-order valence-electron chi connectivity index (χ3n) is 4.22. The maximum atomic E-state index is 12.5. The number of amides is 1. The van der Waals surface area contributed by atoms with Crippen LogP contribution in [0.1, 0.15) is 20.7 Å². The summed E-state index contributed by atoms with van der Waals surface area (Å²) in [5.74, 6) is -0.0351. The third kappa shape index (κ3) is 3.35. The fraction of sp³-hybridized carbons (Fsp3) is 0.150. The summed E-state index contributed by atoms with van der Waals surface area (Å²) in [5.41, 5.74) is 1.10. The van der Waals surface area contributed by atoms with E-state index in [-0.39, 0.29) is 23.5 Å². The molecular formula is C20H18N2O4. The van der Waals surface area contributed by atoms with E-state index in [1.165, 1.54) is 10.6 Å². The minimum Gasteiger partial charge on any atom is -0.497 e. The SMILES string of the molecule is COc1ccc(C(=O)CNC(=O)c2cc(=O)n(C)c3ccccc23)cc1. The van der Waals surface area contributed by atoms with Gasteiger partial charge in [-0.3, -0.25) is 14.4 Å². The van der Waals surface area contributed by atoms with E-state index in [0.29, 0.717) is 22.2 Å². The number of Topliss-reactive ketones (excluding diaryl/α,β-unsaturated/α-hetero) is 1. The van der Waals surface area contributed by atoms with E-state index in [9.17, 15) is 14.4 Å². The second-order valence-electron chi connectivity index (χ2n) is 5.81. The lowest BCUT2D eigenvalue weighted by atomic mass is 10.1. The lowest BCUT2D eigenvalue weighted by Gasteiger charge is -2.10. The molecule has 3 aromatic rings. The van der Waals surface area contributed by atoms with Crippen LogP contribution >= 0.6 is 0 Å². The van der Waals surface area contributed by atoms with Crippen molar-refractivity contribution in [2.24, 2.45) is 7.05 Å². The van der Waals surface area contributed by atoms with Gasteiger partial charge >= 0.3 is 0 Å². The molecule has 132 valence electrons. The predicted octanol–water partition coefficient (Wildman–Crippen LogP) is 2.16. The number of hydrogen-bond donors (Lipinski definition) is 1. The minimum absolute atomic E-state index is 0.158. The van der Waals surface area contributed by atoms with Crippen LogP contribution in [0.25, 0.3) is 10.9 Å². The number of nitrogens with one attached hydrogen (secondary N) is 1. The molecule has 26 heavy (non-hydrogen) atoms. The molecule has 0 aliphatic heterocycles. The second kappa shape index (κ2) is 7.23. The summed E-state index contributed by atoms with van der Waals surface area (Å²) in [6, 6.07) is 15.1. The molecule has 1 N–H and O–H groups in total. The number of para-hydroxylation sites is 1. The van der Waals surface area contributed by atoms with E-state index in [0.717, 1.165) is 0 Å². The molecule has 0 aliphatic carbocycles. The molecule has 3 rings (SSSR count). The van der Waals surface area contributed by atoms with Crippen LogP contribution in [0.15, 0.2) is 59.4 Å². The van der Waals surface area contributed by atoms with Gasteiger partial charge in [0.05, 0.1) is 24.7 Å². The molecule has 1 amide bonds. The van der Waals surface area contributed by atoms with Gasteiger partial charge in [-0.2, -0.15) is 0 Å². The number of nitrogens with zero attached hydrogens (tertiary/aromatic N) is 1. The molecule has 6 heteroatoms. The van der Waals surface area contributed by atoms with Crippen LogP contribution in [0.3, 0.4) is 0 Å². The molecule has 0 fully saturated rings. The number of aromatic nitrogens is 1. The average molecular weight is 350 g/mol. The lowest BCUT2D eigenvalue weighted by molar-refractivity contribution is 0.0905. The smallest absolute Gasteiger partial charge is 0.252 e. The van der Waals surface area contributed by atoms with E-state index >= 15 is 0 Å². The highest BCUT2D eigenvalue weighted by molar-refractivity contribution is 6.08. The molecule has 0 spiro atoms. The summed E-state index contributed by atoms with van der Waals surface area (Å²) in [6.45, 7) is -0.158. The van der Waals surface area contributed by atoms with Gasteiger partial charge in [-0.1, -0.05) is 18.2 Å². The lowest BCUT2D eigenvalue weighted by Crippen LogP contribution is -2.31. The van der Waals surface area contributed by atoms with Crippen molar-refractivity contribution in [1.29, 1.82) is 0 Å². The average Bonchev–Trinajstić information content (AvgIpc) is 2.68. The number of benzene rings is 2. The zero-order valence-electron chi connectivity index (χ0n) is 14.5. The topological polar surface area (TPSA) is 77.4 Å². The van der Waals surface area contributed by atoms with Crippen LogP contribution in [-0.4, -0.2) is 29.9 Å². The van der Waals surface area contributed by atoms with Crippen LogP contribution in [-0.2, 0) is 7.05 Å². The van der Waals surface area contributed by atoms with Crippen LogP contribution in [0.2, 0.25) is 0 Å². The summed E-state index contributed by atoms with van der Waals surface area (Å²) in [7, 11) is 3.20. The molecule has 6 nitrogen and oxygen atoms in total. The first-order valence-corrected chi connectivity index (χ1v) is 8.05. The molecule has 1 heterocycles. The number of aryl methyl sites for hydroxylation is 1. The number of hydrogen-bond acceptors (Lipinski definition) is 4. The van der Waals surface area contributed by atoms with E-state index < -0.39 is 5.91 Å². The summed E-state index contributed by atoms with van der Waals surface area (Å²) in [5, 5.41) is 3.25. The highest BCUT2D eigenvalue weighted by Gasteiger charge is 2.15. The summed E-state index contributed by atoms with van der Waals surface area (Å²) >= 11 is 0. The maximum Gasteiger partial charge on any atom is 0.252 e. The Bertz CT molecular complexity index is 1040. The van der Waals surface area contributed by atoms with Crippen LogP contribution in [0.5, 0.6) is 5.75 Å². The molecular weight excluding hydrogens is 332 g/mol. The van der Waals surface area contributed by atoms with Crippen molar-refractivity contribution in [2.75, 3.05) is 13.7 Å². The zero-order chi connectivity index (χ0) is 18.7. The van der Waals surface area contributed by atoms with Gasteiger partial charge in [-0.15, -0.1) is 0 Å². The Hall–Kier alpha value is -3.41. The Balaban J connectivity index is 1.80. The molecule has 0 unspecified atom stereocenters. The maximum absolute atomic E-state index is 12.5. The highest BCUT2D eigenvalue weighted by Crippen LogP contribution is 2.16. The Kier molecular flexibility index (Phi) is 4.84. The van der Waals surface area contributed by atoms with Gasteiger partial charge in [0.1, 0.15) is 5.75 Å². The number of carbonyl (C=O) groups is 2. The standard InChI is InChI=1S/C20H18N2O4/c1-22-17-6-4-3-5-15(17)16(11-19(22)24)20(25)21-12-18(23)13-7-9-14(26-2)10-8-13/h3-11H,12H2,1-2H3,(H,21,25). The fourth-order valence-electron chi connectivity index (χ4n) is 2.73. The number of pyridine rings is 1. The number of fused-ring (bicyclic) bond motifs is 1. The van der Waals surface area contributed by atoms with E-state index in [4.69, 9.17) is 4.74 Å². The predicted molar refractivity (Wildman–Crippen MR) is 98.8 cm³/mol. The minimum atomic E-state index is -0.458. The Morgan fingerprint density at radius 3 is 2.46 bits per heavy atom. The second-order valence-corrected chi connectivity index (χ2v) is 5.81. The van der Waals surface area contributed by atoms with Crippen molar-refractivity contribution < 1.29 is 14.3 Å². The number of ketones is 1. The Labute approximate surface area is 150 Å². The van der Waals surface area contributed by atoms with Crippen LogP contribution < -0.4 is 15.6 Å². The molecule has 0 radical (unpaired) electrons. The molecule has 1 aromatic heterocycles. The van der Waals surface area contributed by atoms with E-state index in [1.807, 2.05) is 0 Å². The quantitative estimate of drug-likeness (QED) is 0.716. The van der Waals surface area contributed by atoms with Gasteiger partial charge in [-0.05, 0) is 30.3 Å². The van der Waals surface area contributed by atoms with Crippen LogP contribution in [0, 0.1) is 0 Å². The third-order valence-corrected chi connectivity index (χ3v) is 4.22. The van der Waals surface area contributed by atoms with Crippen LogP contribution in [0.4, 0.5) is 0 Å². The van der Waals surface area contributed by atoms with Crippen molar-refractivity contribution in [2.45, 2.75) is 0 Å². The first-order chi connectivity index (χ1) is 12.5. The number of carbonyl (C=O) groups excluding carboxylic acids is 2. The van der Waals surface area contributed by atoms with Gasteiger partial charge in [0.15, 0.2) is 5.78 Å². The normalized spacial score (nSPS) is 10.5. The molecule has 2 aromatic carbocycles. The van der Waals surface area contributed by atoms with Gasteiger partial charge in [-0.25, -0.2) is 0 Å². The number of rotatable bonds is 5. The first-order valence-electron chi connectivity index (χ1n) is 8.05. The number of ether oxygens (including phenoxy) is 1. The zero-order valence-corrected chi connectivity index (χ0v) is 14.5. The Morgan fingerprint density at radius 1 is 1.08 bits per heavy atom. The fourth-order valence-corrected chi connectivity index (χ4v) is 2.73. The Morgan fingerprint density at radius 2 is 1.77 bits per heavy atom. The van der Waals surface area contributed by atoms with Crippen molar-refractivity contribution in [3.05, 3.63) is 76.1 Å². The molecule has 0 saturated carbocycles. The van der Waals surface area contributed by atoms with E-state index in [1.54, 1.807) is 62.7 Å². The first kappa shape index (κ1) is 17.4. The van der Waals surface area contributed by atoms with Crippen molar-refractivity contribution in [1.82, 2.24) is 9.88 Å². The van der Waals surface area contributed by atoms with Crippen molar-refractivity contribution in [3.8, 4) is 5.75 Å². The van der Waals surface area contributed by atoms with Crippen molar-refractivity contribution >= 4 is 22.6 Å². The molecule has 0 saturated heterocycles. The molecule has 0 bridgehead atoms. The summed E-state index contributed by atoms with van der Waals surface area (Å²) in [4.78, 5) is 36.9. The van der Waals surface area contributed by atoms with Gasteiger partial charge in [0, 0.05) is 24.1 Å². The summed E-state index contributed by atoms with van der Waals surface area (Å²) < 4.78 is 6.53. The van der Waals surface area contributed by atoms with Gasteiger partial charge in [0.2, 0.25) is 0 Å². The number of methoxy groups -OCH3 is 1. The van der Waals surface area contributed by atoms with Crippen molar-refractivity contribution in [3.63, 3.8) is 0 Å². The monoisotopic (exact) mass is 350 g/mol. The largest absolute Gasteiger partial charge is 0.497 e.